The van der Waals surface area contributed by atoms with Gasteiger partial charge in [0.05, 0.1) is 4.90 Å². The van der Waals surface area contributed by atoms with Gasteiger partial charge in [-0.15, -0.1) is 0 Å². The Hall–Kier alpha value is -3.21. The number of aryl methyl sites for hydroxylation is 1. The lowest BCUT2D eigenvalue weighted by Crippen LogP contribution is -2.32. The highest BCUT2D eigenvalue weighted by atomic mass is 35.5. The molecule has 0 fully saturated rings. The molecule has 0 saturated heterocycles. The summed E-state index contributed by atoms with van der Waals surface area (Å²) in [6.45, 7) is 1.65. The van der Waals surface area contributed by atoms with Crippen LogP contribution < -0.4 is 15.4 Å². The first kappa shape index (κ1) is 22.5. The molecule has 3 rings (SSSR count). The number of nitrogens with zero attached hydrogens (tertiary/aromatic N) is 1. The topological polar surface area (TPSA) is 113 Å². The molecular formula is C20H17ClN4O4S2. The molecular weight excluding hydrogens is 460 g/mol. The monoisotopic (exact) mass is 476 g/mol. The van der Waals surface area contributed by atoms with E-state index in [9.17, 15) is 13.2 Å². The highest BCUT2D eigenvalue weighted by Gasteiger charge is 2.16. The minimum atomic E-state index is -3.82. The predicted octanol–water partition coefficient (Wildman–Crippen LogP) is 3.96. The summed E-state index contributed by atoms with van der Waals surface area (Å²) in [7, 11) is -3.82. The van der Waals surface area contributed by atoms with Crippen LogP contribution in [0, 0.1) is 6.92 Å². The van der Waals surface area contributed by atoms with Crippen LogP contribution in [-0.4, -0.2) is 24.6 Å². The van der Waals surface area contributed by atoms with Crippen LogP contribution in [0.1, 0.15) is 11.3 Å². The minimum absolute atomic E-state index is 0.0244. The Labute approximate surface area is 189 Å². The zero-order valence-electron chi connectivity index (χ0n) is 16.1. The summed E-state index contributed by atoms with van der Waals surface area (Å²) in [6.07, 6.45) is 2.88. The van der Waals surface area contributed by atoms with Crippen molar-refractivity contribution in [3.8, 4) is 0 Å². The number of benzene rings is 2. The molecule has 2 aromatic carbocycles. The van der Waals surface area contributed by atoms with E-state index in [0.717, 1.165) is 0 Å². The number of carbonyl (C=O) groups excluding carboxylic acids is 1. The Morgan fingerprint density at radius 2 is 1.87 bits per heavy atom. The third-order valence-electron chi connectivity index (χ3n) is 3.85. The molecule has 3 N–H and O–H groups in total. The van der Waals surface area contributed by atoms with Crippen LogP contribution in [0.3, 0.4) is 0 Å². The summed E-state index contributed by atoms with van der Waals surface area (Å²) in [4.78, 5) is 12.0. The molecule has 31 heavy (non-hydrogen) atoms. The van der Waals surface area contributed by atoms with Crippen molar-refractivity contribution >= 4 is 62.4 Å². The molecule has 11 heteroatoms. The second kappa shape index (κ2) is 9.73. The van der Waals surface area contributed by atoms with E-state index in [0.29, 0.717) is 22.0 Å². The normalized spacial score (nSPS) is 11.3. The zero-order chi connectivity index (χ0) is 22.4. The number of hydrogen-bond acceptors (Lipinski definition) is 6. The molecule has 1 heterocycles. The van der Waals surface area contributed by atoms with Gasteiger partial charge in [-0.05, 0) is 61.1 Å². The van der Waals surface area contributed by atoms with Crippen molar-refractivity contribution < 1.29 is 17.7 Å². The Morgan fingerprint density at radius 3 is 2.52 bits per heavy atom. The van der Waals surface area contributed by atoms with E-state index in [1.165, 1.54) is 36.4 Å². The number of nitrogens with one attached hydrogen (secondary N) is 3. The quantitative estimate of drug-likeness (QED) is 0.364. The number of anilines is 2. The smallest absolute Gasteiger partial charge is 0.263 e. The van der Waals surface area contributed by atoms with Crippen molar-refractivity contribution in [3.05, 3.63) is 77.0 Å². The third kappa shape index (κ3) is 6.38. The van der Waals surface area contributed by atoms with E-state index in [1.807, 2.05) is 6.07 Å². The van der Waals surface area contributed by atoms with Crippen LogP contribution >= 0.6 is 23.8 Å². The van der Waals surface area contributed by atoms with Gasteiger partial charge in [-0.1, -0.05) is 35.0 Å². The Morgan fingerprint density at radius 1 is 1.16 bits per heavy atom. The van der Waals surface area contributed by atoms with Gasteiger partial charge in [0.25, 0.3) is 10.0 Å². The molecule has 0 aliphatic heterocycles. The number of sulfonamides is 1. The largest absolute Gasteiger partial charge is 0.360 e. The molecule has 0 atom stereocenters. The van der Waals surface area contributed by atoms with Gasteiger partial charge in [0, 0.05) is 22.9 Å². The van der Waals surface area contributed by atoms with Crippen molar-refractivity contribution in [2.45, 2.75) is 11.8 Å². The van der Waals surface area contributed by atoms with Gasteiger partial charge in [-0.2, -0.15) is 0 Å². The fourth-order valence-corrected chi connectivity index (χ4v) is 3.82. The number of halogens is 1. The van der Waals surface area contributed by atoms with Crippen LogP contribution in [0.15, 0.2) is 70.1 Å². The van der Waals surface area contributed by atoms with Gasteiger partial charge in [0.2, 0.25) is 5.91 Å². The maximum atomic E-state index is 12.4. The van der Waals surface area contributed by atoms with Crippen LogP contribution in [0.2, 0.25) is 5.02 Å². The summed E-state index contributed by atoms with van der Waals surface area (Å²) in [5.41, 5.74) is 1.20. The van der Waals surface area contributed by atoms with Gasteiger partial charge in [-0.25, -0.2) is 8.42 Å². The van der Waals surface area contributed by atoms with Crippen molar-refractivity contribution in [2.24, 2.45) is 0 Å². The van der Waals surface area contributed by atoms with Gasteiger partial charge >= 0.3 is 0 Å². The van der Waals surface area contributed by atoms with Crippen molar-refractivity contribution in [1.29, 1.82) is 0 Å². The first-order chi connectivity index (χ1) is 14.7. The van der Waals surface area contributed by atoms with Gasteiger partial charge in [-0.3, -0.25) is 14.8 Å². The summed E-state index contributed by atoms with van der Waals surface area (Å²) in [5.74, 6) is 0.131. The molecule has 1 aromatic heterocycles. The van der Waals surface area contributed by atoms with Crippen LogP contribution in [-0.2, 0) is 14.8 Å². The Bertz CT molecular complexity index is 1240. The molecule has 0 spiro atoms. The summed E-state index contributed by atoms with van der Waals surface area (Å²) < 4.78 is 31.9. The highest BCUT2D eigenvalue weighted by molar-refractivity contribution is 7.92. The van der Waals surface area contributed by atoms with Crippen molar-refractivity contribution in [3.63, 3.8) is 0 Å². The van der Waals surface area contributed by atoms with E-state index >= 15 is 0 Å². The Kier molecular flexibility index (Phi) is 7.06. The van der Waals surface area contributed by atoms with Gasteiger partial charge < -0.3 is 9.84 Å². The Balaban J connectivity index is 1.57. The van der Waals surface area contributed by atoms with E-state index in [1.54, 1.807) is 31.2 Å². The highest BCUT2D eigenvalue weighted by Crippen LogP contribution is 2.18. The zero-order valence-corrected chi connectivity index (χ0v) is 18.5. The maximum Gasteiger partial charge on any atom is 0.263 e. The molecule has 0 bridgehead atoms. The first-order valence-electron chi connectivity index (χ1n) is 8.84. The average Bonchev–Trinajstić information content (AvgIpc) is 3.11. The fraction of sp³-hybridized carbons (Fsp3) is 0.0500. The molecule has 0 radical (unpaired) electrons. The van der Waals surface area contributed by atoms with Crippen molar-refractivity contribution in [2.75, 3.05) is 10.0 Å². The van der Waals surface area contributed by atoms with E-state index in [-0.39, 0.29) is 15.8 Å². The number of thiocarbonyl (C=S) groups is 1. The summed E-state index contributed by atoms with van der Waals surface area (Å²) >= 11 is 11.1. The lowest BCUT2D eigenvalue weighted by atomic mass is 10.2. The lowest BCUT2D eigenvalue weighted by Gasteiger charge is -2.09. The fourth-order valence-electron chi connectivity index (χ4n) is 2.42. The molecule has 0 aliphatic rings. The number of amides is 1. The molecule has 8 nitrogen and oxygen atoms in total. The van der Waals surface area contributed by atoms with Crippen LogP contribution in [0.5, 0.6) is 0 Å². The standard InChI is InChI=1S/C20H17ClN4O4S2/c1-13-12-18(24-29-13)25-31(27,28)16-9-7-15(8-10-16)22-20(30)23-19(26)11-6-14-4-2-3-5-17(14)21/h2-12H,1H3,(H,24,25)(H2,22,23,26,30)/b11-6+. The van der Waals surface area contributed by atoms with Gasteiger partial charge in [0.1, 0.15) is 5.76 Å². The number of aromatic nitrogens is 1. The summed E-state index contributed by atoms with van der Waals surface area (Å²) in [6, 6.07) is 14.4. The molecule has 1 amide bonds. The summed E-state index contributed by atoms with van der Waals surface area (Å²) in [5, 5.41) is 9.49. The predicted molar refractivity (Wildman–Crippen MR) is 123 cm³/mol. The average molecular weight is 477 g/mol. The molecule has 3 aromatic rings. The molecule has 0 saturated carbocycles. The van der Waals surface area contributed by atoms with E-state index in [4.69, 9.17) is 28.3 Å². The second-order valence-electron chi connectivity index (χ2n) is 6.25. The number of rotatable bonds is 6. The van der Waals surface area contributed by atoms with E-state index < -0.39 is 15.9 Å². The van der Waals surface area contributed by atoms with Crippen LogP contribution in [0.25, 0.3) is 6.08 Å². The molecule has 0 unspecified atom stereocenters. The van der Waals surface area contributed by atoms with Crippen molar-refractivity contribution in [1.82, 2.24) is 10.5 Å². The third-order valence-corrected chi connectivity index (χ3v) is 5.76. The van der Waals surface area contributed by atoms with E-state index in [2.05, 4.69) is 20.5 Å². The minimum Gasteiger partial charge on any atom is -0.360 e. The van der Waals surface area contributed by atoms with Gasteiger partial charge in [0.15, 0.2) is 10.9 Å². The second-order valence-corrected chi connectivity index (χ2v) is 8.75. The first-order valence-corrected chi connectivity index (χ1v) is 11.1. The molecule has 160 valence electrons. The number of carbonyl (C=O) groups is 1. The SMILES string of the molecule is Cc1cc(NS(=O)(=O)c2ccc(NC(=S)NC(=O)/C=C/c3ccccc3Cl)cc2)no1. The molecule has 0 aliphatic carbocycles. The maximum absolute atomic E-state index is 12.4. The number of hydrogen-bond donors (Lipinski definition) is 3. The van der Waals surface area contributed by atoms with Crippen LogP contribution in [0.4, 0.5) is 11.5 Å². The lowest BCUT2D eigenvalue weighted by molar-refractivity contribution is -0.115.